The van der Waals surface area contributed by atoms with Gasteiger partial charge in [0, 0.05) is 13.1 Å². The van der Waals surface area contributed by atoms with Gasteiger partial charge in [0.05, 0.1) is 11.0 Å². The molecule has 1 aliphatic rings. The van der Waals surface area contributed by atoms with Crippen LogP contribution in [0.4, 0.5) is 0 Å². The third-order valence-electron chi connectivity index (χ3n) is 3.76. The van der Waals surface area contributed by atoms with Gasteiger partial charge in [-0.05, 0) is 25.5 Å². The molecule has 1 atom stereocenters. The highest BCUT2D eigenvalue weighted by Crippen LogP contribution is 2.32. The molecule has 0 aliphatic carbocycles. The summed E-state index contributed by atoms with van der Waals surface area (Å²) in [6, 6.07) is 6.51. The van der Waals surface area contributed by atoms with Crippen molar-refractivity contribution in [3.8, 4) is 5.75 Å². The monoisotopic (exact) mass is 306 g/mol. The molecule has 1 aliphatic heterocycles. The molecule has 7 nitrogen and oxygen atoms in total. The van der Waals surface area contributed by atoms with Crippen molar-refractivity contribution in [3.05, 3.63) is 29.8 Å². The van der Waals surface area contributed by atoms with Gasteiger partial charge >= 0.3 is 5.97 Å². The van der Waals surface area contributed by atoms with E-state index < -0.39 is 17.3 Å². The summed E-state index contributed by atoms with van der Waals surface area (Å²) < 4.78 is 5.24. The number of hydrogen-bond acceptors (Lipinski definition) is 4. The lowest BCUT2D eigenvalue weighted by molar-refractivity contribution is -0.147. The second-order valence-corrected chi connectivity index (χ2v) is 5.59. The molecule has 3 N–H and O–H groups in total. The number of carboxylic acids is 1. The van der Waals surface area contributed by atoms with Gasteiger partial charge in [-0.3, -0.25) is 14.4 Å². The van der Waals surface area contributed by atoms with E-state index in [0.717, 1.165) is 0 Å². The highest BCUT2D eigenvalue weighted by Gasteiger charge is 2.42. The van der Waals surface area contributed by atoms with Crippen LogP contribution >= 0.6 is 0 Å². The predicted octanol–water partition coefficient (Wildman–Crippen LogP) is 0.488. The molecule has 0 saturated carbocycles. The van der Waals surface area contributed by atoms with Gasteiger partial charge in [0.1, 0.15) is 5.75 Å². The molecule has 0 radical (unpaired) electrons. The maximum Gasteiger partial charge on any atom is 0.311 e. The van der Waals surface area contributed by atoms with Gasteiger partial charge in [0.25, 0.3) is 11.8 Å². The Kier molecular flexibility index (Phi) is 4.35. The molecule has 0 unspecified atom stereocenters. The average Bonchev–Trinajstić information content (AvgIpc) is 2.88. The van der Waals surface area contributed by atoms with E-state index in [9.17, 15) is 19.5 Å². The number of nitrogens with zero attached hydrogens (tertiary/aromatic N) is 1. The quantitative estimate of drug-likeness (QED) is 0.822. The lowest BCUT2D eigenvalue weighted by Gasteiger charge is -2.21. The molecule has 0 spiro atoms. The van der Waals surface area contributed by atoms with E-state index in [0.29, 0.717) is 18.5 Å². The molecule has 0 bridgehead atoms. The Morgan fingerprint density at radius 3 is 2.64 bits per heavy atom. The number of hydrogen-bond donors (Lipinski definition) is 2. The Morgan fingerprint density at radius 2 is 2.05 bits per heavy atom. The van der Waals surface area contributed by atoms with E-state index in [4.69, 9.17) is 10.5 Å². The van der Waals surface area contributed by atoms with E-state index in [2.05, 4.69) is 0 Å². The highest BCUT2D eigenvalue weighted by molar-refractivity contribution is 5.97. The Hall–Kier alpha value is -2.57. The number of nitrogens with two attached hydrogens (primary N) is 1. The van der Waals surface area contributed by atoms with E-state index in [1.54, 1.807) is 31.2 Å². The fourth-order valence-corrected chi connectivity index (χ4v) is 2.40. The number of para-hydroxylation sites is 1. The summed E-state index contributed by atoms with van der Waals surface area (Å²) in [4.78, 5) is 36.1. The lowest BCUT2D eigenvalue weighted by atomic mass is 9.90. The number of carbonyl (C=O) groups excluding carboxylic acids is 2. The standard InChI is InChI=1S/C15H18N2O5/c1-15(14(20)21)6-7-17(9-15)13(19)10-4-2-3-5-11(10)22-8-12(16)18/h2-5H,6-9H2,1H3,(H2,16,18)(H,20,21)/t15-/m0/s1. The first-order valence-corrected chi connectivity index (χ1v) is 6.86. The average molecular weight is 306 g/mol. The molecule has 1 saturated heterocycles. The van der Waals surface area contributed by atoms with E-state index in [1.807, 2.05) is 0 Å². The van der Waals surface area contributed by atoms with Crippen LogP contribution < -0.4 is 10.5 Å². The third-order valence-corrected chi connectivity index (χ3v) is 3.76. The van der Waals surface area contributed by atoms with Crippen molar-refractivity contribution >= 4 is 17.8 Å². The van der Waals surface area contributed by atoms with Crippen LogP contribution in [0, 0.1) is 5.41 Å². The minimum Gasteiger partial charge on any atom is -0.483 e. The Morgan fingerprint density at radius 1 is 1.36 bits per heavy atom. The van der Waals surface area contributed by atoms with Gasteiger partial charge in [-0.2, -0.15) is 0 Å². The van der Waals surface area contributed by atoms with Crippen LogP contribution in [0.1, 0.15) is 23.7 Å². The maximum absolute atomic E-state index is 12.6. The molecular weight excluding hydrogens is 288 g/mol. The molecule has 1 fully saturated rings. The first-order valence-electron chi connectivity index (χ1n) is 6.86. The van der Waals surface area contributed by atoms with Crippen molar-refractivity contribution in [1.82, 2.24) is 4.90 Å². The minimum atomic E-state index is -0.932. The number of amides is 2. The molecule has 2 amide bonds. The summed E-state index contributed by atoms with van der Waals surface area (Å²) in [5, 5.41) is 9.23. The molecule has 1 heterocycles. The van der Waals surface area contributed by atoms with Gasteiger partial charge in [-0.25, -0.2) is 0 Å². The highest BCUT2D eigenvalue weighted by atomic mass is 16.5. The Bertz CT molecular complexity index is 616. The normalized spacial score (nSPS) is 20.7. The third kappa shape index (κ3) is 3.19. The largest absolute Gasteiger partial charge is 0.483 e. The fraction of sp³-hybridized carbons (Fsp3) is 0.400. The van der Waals surface area contributed by atoms with Crippen molar-refractivity contribution in [3.63, 3.8) is 0 Å². The zero-order valence-electron chi connectivity index (χ0n) is 12.2. The van der Waals surface area contributed by atoms with Gasteiger partial charge < -0.3 is 20.5 Å². The van der Waals surface area contributed by atoms with Crippen LogP contribution in [0.15, 0.2) is 24.3 Å². The Balaban J connectivity index is 2.17. The predicted molar refractivity (Wildman–Crippen MR) is 77.4 cm³/mol. The molecule has 7 heteroatoms. The summed E-state index contributed by atoms with van der Waals surface area (Å²) in [5.74, 6) is -1.61. The molecule has 22 heavy (non-hydrogen) atoms. The topological polar surface area (TPSA) is 110 Å². The molecule has 2 rings (SSSR count). The number of likely N-dealkylation sites (tertiary alicyclic amines) is 1. The lowest BCUT2D eigenvalue weighted by Crippen LogP contribution is -2.35. The van der Waals surface area contributed by atoms with Crippen LogP contribution in [0.2, 0.25) is 0 Å². The van der Waals surface area contributed by atoms with Crippen molar-refractivity contribution in [2.75, 3.05) is 19.7 Å². The molecular formula is C15H18N2O5. The van der Waals surface area contributed by atoms with Crippen LogP contribution in [0.5, 0.6) is 5.75 Å². The minimum absolute atomic E-state index is 0.144. The van der Waals surface area contributed by atoms with E-state index in [-0.39, 0.29) is 24.8 Å². The first-order chi connectivity index (χ1) is 10.3. The van der Waals surface area contributed by atoms with Crippen LogP contribution in [0.3, 0.4) is 0 Å². The molecule has 1 aromatic rings. The summed E-state index contributed by atoms with van der Waals surface area (Å²) in [6.07, 6.45) is 0.401. The number of carboxylic acid groups (broad SMARTS) is 1. The van der Waals surface area contributed by atoms with Crippen LogP contribution in [-0.2, 0) is 9.59 Å². The molecule has 0 aromatic heterocycles. The van der Waals surface area contributed by atoms with E-state index in [1.165, 1.54) is 4.90 Å². The number of benzene rings is 1. The van der Waals surface area contributed by atoms with Gasteiger partial charge in [-0.1, -0.05) is 12.1 Å². The zero-order chi connectivity index (χ0) is 16.3. The Labute approximate surface area is 127 Å². The van der Waals surface area contributed by atoms with Crippen molar-refractivity contribution in [1.29, 1.82) is 0 Å². The van der Waals surface area contributed by atoms with Gasteiger partial charge in [0.15, 0.2) is 6.61 Å². The SMILES string of the molecule is C[C@]1(C(=O)O)CCN(C(=O)c2ccccc2OCC(N)=O)C1. The molecule has 118 valence electrons. The fourth-order valence-electron chi connectivity index (χ4n) is 2.40. The van der Waals surface area contributed by atoms with Gasteiger partial charge in [-0.15, -0.1) is 0 Å². The number of ether oxygens (including phenoxy) is 1. The van der Waals surface area contributed by atoms with Crippen molar-refractivity contribution in [2.24, 2.45) is 11.1 Å². The van der Waals surface area contributed by atoms with Crippen LogP contribution in [0.25, 0.3) is 0 Å². The number of aliphatic carboxylic acids is 1. The number of primary amides is 1. The summed E-state index contributed by atoms with van der Waals surface area (Å²) in [7, 11) is 0. The van der Waals surface area contributed by atoms with Crippen molar-refractivity contribution in [2.45, 2.75) is 13.3 Å². The summed E-state index contributed by atoms with van der Waals surface area (Å²) >= 11 is 0. The second-order valence-electron chi connectivity index (χ2n) is 5.59. The first kappa shape index (κ1) is 15.8. The van der Waals surface area contributed by atoms with Crippen LogP contribution in [-0.4, -0.2) is 47.5 Å². The molecule has 1 aromatic carbocycles. The smallest absolute Gasteiger partial charge is 0.311 e. The number of carbonyl (C=O) groups is 3. The summed E-state index contributed by atoms with van der Waals surface area (Å²) in [5.41, 5.74) is 4.39. The number of rotatable bonds is 5. The zero-order valence-corrected chi connectivity index (χ0v) is 12.2. The van der Waals surface area contributed by atoms with E-state index >= 15 is 0 Å². The second kappa shape index (κ2) is 6.05. The maximum atomic E-state index is 12.6. The van der Waals surface area contributed by atoms with Gasteiger partial charge in [0.2, 0.25) is 0 Å². The summed E-state index contributed by atoms with van der Waals surface area (Å²) in [6.45, 7) is 1.81. The van der Waals surface area contributed by atoms with Crippen molar-refractivity contribution < 1.29 is 24.2 Å².